The minimum absolute atomic E-state index is 0.191. The van der Waals surface area contributed by atoms with E-state index in [9.17, 15) is 9.59 Å². The lowest BCUT2D eigenvalue weighted by atomic mass is 9.85. The maximum Gasteiger partial charge on any atom is 0.355 e. The first-order valence-corrected chi connectivity index (χ1v) is 7.48. The molecule has 1 fully saturated rings. The van der Waals surface area contributed by atoms with Gasteiger partial charge in [0.05, 0.1) is 0 Å². The van der Waals surface area contributed by atoms with Crippen molar-refractivity contribution >= 4 is 5.95 Å². The number of hydrogen-bond acceptors (Lipinski definition) is 4. The predicted octanol–water partition coefficient (Wildman–Crippen LogP) is 1.89. The summed E-state index contributed by atoms with van der Waals surface area (Å²) in [5, 5.41) is 3.18. The largest absolute Gasteiger partial charge is 0.355 e. The van der Waals surface area contributed by atoms with E-state index in [0.717, 1.165) is 4.57 Å². The molecule has 1 aromatic rings. The van der Waals surface area contributed by atoms with Crippen LogP contribution in [0.2, 0.25) is 0 Å². The fourth-order valence-electron chi connectivity index (χ4n) is 2.92. The van der Waals surface area contributed by atoms with Gasteiger partial charge in [-0.05, 0) is 39.5 Å². The molecule has 0 amide bonds. The van der Waals surface area contributed by atoms with Crippen LogP contribution in [0, 0.1) is 5.92 Å². The van der Waals surface area contributed by atoms with E-state index in [0.29, 0.717) is 5.92 Å². The first-order valence-electron chi connectivity index (χ1n) is 7.48. The fraction of sp³-hybridized carbons (Fsp3) is 0.786. The number of nitrogens with zero attached hydrogens (tertiary/aromatic N) is 2. The third-order valence-corrected chi connectivity index (χ3v) is 4.10. The highest BCUT2D eigenvalue weighted by Crippen LogP contribution is 2.27. The molecule has 6 nitrogen and oxygen atoms in total. The van der Waals surface area contributed by atoms with Gasteiger partial charge < -0.3 is 5.32 Å². The van der Waals surface area contributed by atoms with Gasteiger partial charge in [0.1, 0.15) is 0 Å². The van der Waals surface area contributed by atoms with E-state index in [2.05, 4.69) is 22.2 Å². The van der Waals surface area contributed by atoms with Crippen LogP contribution in [0.1, 0.15) is 58.9 Å². The van der Waals surface area contributed by atoms with Crippen LogP contribution >= 0.6 is 0 Å². The summed E-state index contributed by atoms with van der Waals surface area (Å²) >= 11 is 0. The smallest absolute Gasteiger partial charge is 0.353 e. The summed E-state index contributed by atoms with van der Waals surface area (Å²) < 4.78 is 1.12. The zero-order valence-electron chi connectivity index (χ0n) is 12.5. The first-order chi connectivity index (χ1) is 9.49. The lowest BCUT2D eigenvalue weighted by molar-refractivity contribution is 0.327. The molecule has 6 heteroatoms. The van der Waals surface area contributed by atoms with Crippen molar-refractivity contribution in [2.24, 2.45) is 5.92 Å². The summed E-state index contributed by atoms with van der Waals surface area (Å²) in [5.41, 5.74) is -0.902. The van der Waals surface area contributed by atoms with E-state index in [-0.39, 0.29) is 18.0 Å². The molecule has 1 aliphatic rings. The Morgan fingerprint density at radius 1 is 1.20 bits per heavy atom. The summed E-state index contributed by atoms with van der Waals surface area (Å²) in [6, 6.07) is 0.0244. The Kier molecular flexibility index (Phi) is 4.62. The molecule has 20 heavy (non-hydrogen) atoms. The quantitative estimate of drug-likeness (QED) is 0.882. The normalized spacial score (nSPS) is 18.2. The van der Waals surface area contributed by atoms with Crippen LogP contribution in [0.25, 0.3) is 0 Å². The fourth-order valence-corrected chi connectivity index (χ4v) is 2.92. The SMILES string of the molecule is CC(C)n1c(=O)nc(N[C@@H](C)C2CCCCC2)[nH]c1=O. The van der Waals surface area contributed by atoms with Crippen molar-refractivity contribution in [2.45, 2.75) is 65.0 Å². The van der Waals surface area contributed by atoms with Gasteiger partial charge in [0.15, 0.2) is 0 Å². The molecule has 1 heterocycles. The maximum atomic E-state index is 11.9. The predicted molar refractivity (Wildman–Crippen MR) is 79.2 cm³/mol. The van der Waals surface area contributed by atoms with Crippen LogP contribution in [-0.4, -0.2) is 20.6 Å². The van der Waals surface area contributed by atoms with Crippen molar-refractivity contribution in [3.63, 3.8) is 0 Å². The van der Waals surface area contributed by atoms with Crippen LogP contribution in [0.5, 0.6) is 0 Å². The van der Waals surface area contributed by atoms with Crippen LogP contribution in [0.3, 0.4) is 0 Å². The van der Waals surface area contributed by atoms with Crippen molar-refractivity contribution in [1.82, 2.24) is 14.5 Å². The topological polar surface area (TPSA) is 79.8 Å². The zero-order valence-corrected chi connectivity index (χ0v) is 12.5. The highest BCUT2D eigenvalue weighted by Gasteiger charge is 2.21. The number of aromatic amines is 1. The number of nitrogens with one attached hydrogen (secondary N) is 2. The molecule has 112 valence electrons. The van der Waals surface area contributed by atoms with E-state index in [1.807, 2.05) is 0 Å². The number of anilines is 1. The number of H-pyrrole nitrogens is 1. The van der Waals surface area contributed by atoms with Gasteiger partial charge in [-0.15, -0.1) is 0 Å². The van der Waals surface area contributed by atoms with Crippen molar-refractivity contribution in [2.75, 3.05) is 5.32 Å². The van der Waals surface area contributed by atoms with Gasteiger partial charge in [-0.2, -0.15) is 4.98 Å². The molecular formula is C14H24N4O2. The maximum absolute atomic E-state index is 11.9. The molecule has 0 radical (unpaired) electrons. The Labute approximate surface area is 118 Å². The second-order valence-electron chi connectivity index (χ2n) is 5.97. The standard InChI is InChI=1S/C14H24N4O2/c1-9(2)18-13(19)16-12(17-14(18)20)15-10(3)11-7-5-4-6-8-11/h9-11H,4-8H2,1-3H3,(H2,15,16,17,19,20)/t10-/m0/s1. The summed E-state index contributed by atoms with van der Waals surface area (Å²) in [5.74, 6) is 0.872. The zero-order chi connectivity index (χ0) is 14.7. The summed E-state index contributed by atoms with van der Waals surface area (Å²) in [6.45, 7) is 5.66. The van der Waals surface area contributed by atoms with Gasteiger partial charge in [0.25, 0.3) is 0 Å². The molecular weight excluding hydrogens is 256 g/mol. The van der Waals surface area contributed by atoms with Crippen LogP contribution < -0.4 is 16.7 Å². The van der Waals surface area contributed by atoms with Crippen molar-refractivity contribution in [3.8, 4) is 0 Å². The Bertz CT molecular complexity index is 524. The van der Waals surface area contributed by atoms with E-state index in [1.165, 1.54) is 32.1 Å². The minimum atomic E-state index is -0.498. The van der Waals surface area contributed by atoms with Gasteiger partial charge in [-0.3, -0.25) is 4.98 Å². The summed E-state index contributed by atoms with van der Waals surface area (Å²) in [7, 11) is 0. The number of aromatic nitrogens is 3. The molecule has 1 aromatic heterocycles. The Balaban J connectivity index is 2.14. The molecule has 0 unspecified atom stereocenters. The van der Waals surface area contributed by atoms with Gasteiger partial charge in [0.2, 0.25) is 5.95 Å². The molecule has 2 rings (SSSR count). The van der Waals surface area contributed by atoms with Gasteiger partial charge in [-0.25, -0.2) is 14.2 Å². The van der Waals surface area contributed by atoms with Crippen molar-refractivity contribution < 1.29 is 0 Å². The number of rotatable bonds is 4. The van der Waals surface area contributed by atoms with Crippen molar-refractivity contribution in [3.05, 3.63) is 21.0 Å². The Hall–Kier alpha value is -1.59. The van der Waals surface area contributed by atoms with E-state index in [4.69, 9.17) is 0 Å². The van der Waals surface area contributed by atoms with Gasteiger partial charge in [0, 0.05) is 12.1 Å². The van der Waals surface area contributed by atoms with Crippen LogP contribution in [0.15, 0.2) is 9.59 Å². The monoisotopic (exact) mass is 280 g/mol. The number of hydrogen-bond donors (Lipinski definition) is 2. The van der Waals surface area contributed by atoms with Crippen molar-refractivity contribution in [1.29, 1.82) is 0 Å². The molecule has 0 saturated heterocycles. The van der Waals surface area contributed by atoms with Crippen LogP contribution in [0.4, 0.5) is 5.95 Å². The summed E-state index contributed by atoms with van der Waals surface area (Å²) in [6.07, 6.45) is 6.22. The Morgan fingerprint density at radius 2 is 1.85 bits per heavy atom. The van der Waals surface area contributed by atoms with E-state index >= 15 is 0 Å². The molecule has 0 aliphatic heterocycles. The minimum Gasteiger partial charge on any atom is -0.353 e. The van der Waals surface area contributed by atoms with E-state index < -0.39 is 11.4 Å². The third kappa shape index (κ3) is 3.29. The molecule has 1 aliphatic carbocycles. The average Bonchev–Trinajstić information content (AvgIpc) is 2.38. The highest BCUT2D eigenvalue weighted by molar-refractivity contribution is 5.23. The molecule has 2 N–H and O–H groups in total. The molecule has 1 saturated carbocycles. The third-order valence-electron chi connectivity index (χ3n) is 4.10. The average molecular weight is 280 g/mol. The lowest BCUT2D eigenvalue weighted by Gasteiger charge is -2.28. The molecule has 1 atom stereocenters. The first kappa shape index (κ1) is 14.8. The lowest BCUT2D eigenvalue weighted by Crippen LogP contribution is -2.40. The van der Waals surface area contributed by atoms with Gasteiger partial charge >= 0.3 is 11.4 Å². The molecule has 0 aromatic carbocycles. The van der Waals surface area contributed by atoms with Gasteiger partial charge in [-0.1, -0.05) is 19.3 Å². The molecule has 0 spiro atoms. The van der Waals surface area contributed by atoms with E-state index in [1.54, 1.807) is 13.8 Å². The summed E-state index contributed by atoms with van der Waals surface area (Å²) in [4.78, 5) is 30.3. The second-order valence-corrected chi connectivity index (χ2v) is 5.97. The van der Waals surface area contributed by atoms with Crippen LogP contribution in [-0.2, 0) is 0 Å². The molecule has 0 bridgehead atoms. The Morgan fingerprint density at radius 3 is 2.40 bits per heavy atom. The highest BCUT2D eigenvalue weighted by atomic mass is 16.2. The second kappa shape index (κ2) is 6.24.